The number of oxazole rings is 1. The Morgan fingerprint density at radius 2 is 2.08 bits per heavy atom. The van der Waals surface area contributed by atoms with Crippen molar-refractivity contribution < 1.29 is 22.4 Å². The third-order valence-corrected chi connectivity index (χ3v) is 6.13. The average Bonchev–Trinajstić information content (AvgIpc) is 3.13. The van der Waals surface area contributed by atoms with E-state index in [1.54, 1.807) is 12.1 Å². The number of hydrogen-bond acceptors (Lipinski definition) is 7. The van der Waals surface area contributed by atoms with Crippen molar-refractivity contribution >= 4 is 44.5 Å². The first kappa shape index (κ1) is 16.8. The molecule has 1 aromatic carbocycles. The lowest BCUT2D eigenvalue weighted by molar-refractivity contribution is -0.129. The van der Waals surface area contributed by atoms with Crippen molar-refractivity contribution in [2.24, 2.45) is 5.92 Å². The van der Waals surface area contributed by atoms with Crippen LogP contribution in [0.25, 0.3) is 11.1 Å². The van der Waals surface area contributed by atoms with Gasteiger partial charge in [0, 0.05) is 0 Å². The Kier molecular flexibility index (Phi) is 4.76. The zero-order valence-electron chi connectivity index (χ0n) is 12.5. The molecule has 0 saturated carbocycles. The van der Waals surface area contributed by atoms with Gasteiger partial charge >= 0.3 is 0 Å². The largest absolute Gasteiger partial charge is 0.431 e. The predicted octanol–water partition coefficient (Wildman–Crippen LogP) is 0.502. The normalized spacial score (nSPS) is 19.2. The molecule has 0 spiro atoms. The van der Waals surface area contributed by atoms with Crippen LogP contribution >= 0.6 is 11.8 Å². The first-order valence-electron chi connectivity index (χ1n) is 7.20. The third-order valence-electron chi connectivity index (χ3n) is 3.53. The molecular weight excluding hydrogens is 354 g/mol. The summed E-state index contributed by atoms with van der Waals surface area (Å²) < 4.78 is 28.1. The molecule has 1 aliphatic heterocycles. The highest BCUT2D eigenvalue weighted by molar-refractivity contribution is 7.99. The van der Waals surface area contributed by atoms with Crippen molar-refractivity contribution in [2.45, 2.75) is 11.6 Å². The second-order valence-electron chi connectivity index (χ2n) is 5.37. The molecule has 8 nitrogen and oxygen atoms in total. The number of amides is 2. The molecule has 1 saturated heterocycles. The molecule has 0 radical (unpaired) electrons. The van der Waals surface area contributed by atoms with Crippen molar-refractivity contribution in [2.75, 3.05) is 17.3 Å². The second kappa shape index (κ2) is 6.81. The van der Waals surface area contributed by atoms with Gasteiger partial charge in [-0.25, -0.2) is 13.4 Å². The van der Waals surface area contributed by atoms with Gasteiger partial charge in [-0.1, -0.05) is 23.9 Å². The monoisotopic (exact) mass is 369 g/mol. The van der Waals surface area contributed by atoms with Crippen molar-refractivity contribution in [3.63, 3.8) is 0 Å². The molecule has 2 amide bonds. The second-order valence-corrected chi connectivity index (χ2v) is 8.53. The molecule has 1 aromatic heterocycles. The minimum Gasteiger partial charge on any atom is -0.431 e. The van der Waals surface area contributed by atoms with Crippen LogP contribution in [0.4, 0.5) is 0 Å². The van der Waals surface area contributed by atoms with Crippen LogP contribution in [0.15, 0.2) is 33.9 Å². The SMILES string of the molecule is O=C(CSc1nc2ccccc2o1)NNC(=O)[C@H]1CCS(=O)(=O)C1. The summed E-state index contributed by atoms with van der Waals surface area (Å²) in [6.07, 6.45) is 0.279. The summed E-state index contributed by atoms with van der Waals surface area (Å²) in [5.41, 5.74) is 5.86. The standard InChI is InChI=1S/C14H15N3O5S2/c18-12(16-17-13(19)9-5-6-24(20,21)8-9)7-23-14-15-10-3-1-2-4-11(10)22-14/h1-4,9H,5-8H2,(H,16,18)(H,17,19)/t9-/m0/s1. The number of aromatic nitrogens is 1. The molecule has 128 valence electrons. The number of hydrazine groups is 1. The number of nitrogens with zero attached hydrogens (tertiary/aromatic N) is 1. The highest BCUT2D eigenvalue weighted by Gasteiger charge is 2.33. The number of carbonyl (C=O) groups excluding carboxylic acids is 2. The highest BCUT2D eigenvalue weighted by Crippen LogP contribution is 2.22. The smallest absolute Gasteiger partial charge is 0.257 e. The summed E-state index contributed by atoms with van der Waals surface area (Å²) in [4.78, 5) is 27.8. The maximum atomic E-state index is 11.8. The van der Waals surface area contributed by atoms with Gasteiger partial charge < -0.3 is 4.42 Å². The van der Waals surface area contributed by atoms with E-state index in [2.05, 4.69) is 15.8 Å². The van der Waals surface area contributed by atoms with E-state index >= 15 is 0 Å². The molecule has 2 aromatic rings. The van der Waals surface area contributed by atoms with E-state index in [1.165, 1.54) is 0 Å². The molecule has 0 unspecified atom stereocenters. The van der Waals surface area contributed by atoms with Crippen LogP contribution in [-0.2, 0) is 19.4 Å². The van der Waals surface area contributed by atoms with Crippen molar-refractivity contribution in [1.29, 1.82) is 0 Å². The summed E-state index contributed by atoms with van der Waals surface area (Å²) in [5.74, 6) is -1.69. The minimum atomic E-state index is -3.14. The summed E-state index contributed by atoms with van der Waals surface area (Å²) in [5, 5.41) is 0.361. The van der Waals surface area contributed by atoms with E-state index in [4.69, 9.17) is 4.42 Å². The number of benzene rings is 1. The number of nitrogens with one attached hydrogen (secondary N) is 2. The van der Waals surface area contributed by atoms with E-state index in [9.17, 15) is 18.0 Å². The lowest BCUT2D eigenvalue weighted by atomic mass is 10.1. The lowest BCUT2D eigenvalue weighted by Crippen LogP contribution is -2.45. The van der Waals surface area contributed by atoms with E-state index in [-0.39, 0.29) is 23.7 Å². The predicted molar refractivity (Wildman–Crippen MR) is 87.8 cm³/mol. The number of carbonyl (C=O) groups is 2. The Balaban J connectivity index is 1.45. The Hall–Kier alpha value is -2.07. The summed E-state index contributed by atoms with van der Waals surface area (Å²) in [6, 6.07) is 7.25. The molecule has 1 atom stereocenters. The first-order valence-corrected chi connectivity index (χ1v) is 10.0. The van der Waals surface area contributed by atoms with Gasteiger partial charge in [-0.2, -0.15) is 0 Å². The van der Waals surface area contributed by atoms with Gasteiger partial charge in [-0.3, -0.25) is 20.4 Å². The first-order chi connectivity index (χ1) is 11.4. The molecule has 24 heavy (non-hydrogen) atoms. The van der Waals surface area contributed by atoms with Gasteiger partial charge in [0.15, 0.2) is 15.4 Å². The minimum absolute atomic E-state index is 0.00655. The number of hydrogen-bond donors (Lipinski definition) is 2. The fourth-order valence-electron chi connectivity index (χ4n) is 2.31. The van der Waals surface area contributed by atoms with Crippen LogP contribution in [0, 0.1) is 5.92 Å². The maximum Gasteiger partial charge on any atom is 0.257 e. The van der Waals surface area contributed by atoms with Gasteiger partial charge in [0.1, 0.15) is 5.52 Å². The number of thioether (sulfide) groups is 1. The maximum absolute atomic E-state index is 11.8. The van der Waals surface area contributed by atoms with Crippen LogP contribution in [-0.4, -0.2) is 42.5 Å². The molecule has 2 N–H and O–H groups in total. The van der Waals surface area contributed by atoms with Gasteiger partial charge in [0.25, 0.3) is 5.22 Å². The molecule has 0 aliphatic carbocycles. The fourth-order valence-corrected chi connectivity index (χ4v) is 4.69. The van der Waals surface area contributed by atoms with Crippen molar-refractivity contribution in [3.8, 4) is 0 Å². The number of para-hydroxylation sites is 2. The highest BCUT2D eigenvalue weighted by atomic mass is 32.2. The van der Waals surface area contributed by atoms with Crippen LogP contribution in [0.2, 0.25) is 0 Å². The number of rotatable bonds is 4. The summed E-state index contributed by atoms with van der Waals surface area (Å²) in [7, 11) is -3.14. The van der Waals surface area contributed by atoms with Crippen LogP contribution < -0.4 is 10.9 Å². The summed E-state index contributed by atoms with van der Waals surface area (Å²) in [6.45, 7) is 0. The Morgan fingerprint density at radius 1 is 1.29 bits per heavy atom. The quantitative estimate of drug-likeness (QED) is 0.595. The van der Waals surface area contributed by atoms with Crippen LogP contribution in [0.3, 0.4) is 0 Å². The average molecular weight is 369 g/mol. The molecule has 3 rings (SSSR count). The topological polar surface area (TPSA) is 118 Å². The number of sulfone groups is 1. The fraction of sp³-hybridized carbons (Fsp3) is 0.357. The van der Waals surface area contributed by atoms with E-state index < -0.39 is 27.6 Å². The Labute approximate surface area is 142 Å². The van der Waals surface area contributed by atoms with Gasteiger partial charge in [-0.15, -0.1) is 0 Å². The zero-order valence-corrected chi connectivity index (χ0v) is 14.2. The van der Waals surface area contributed by atoms with Crippen LogP contribution in [0.1, 0.15) is 6.42 Å². The van der Waals surface area contributed by atoms with E-state index in [1.807, 2.05) is 12.1 Å². The van der Waals surface area contributed by atoms with E-state index in [0.29, 0.717) is 16.3 Å². The molecule has 2 heterocycles. The Morgan fingerprint density at radius 3 is 2.79 bits per heavy atom. The van der Waals surface area contributed by atoms with Crippen molar-refractivity contribution in [1.82, 2.24) is 15.8 Å². The zero-order chi connectivity index (χ0) is 17.2. The summed E-state index contributed by atoms with van der Waals surface area (Å²) >= 11 is 1.10. The van der Waals surface area contributed by atoms with Gasteiger partial charge in [0.05, 0.1) is 23.2 Å². The van der Waals surface area contributed by atoms with Crippen molar-refractivity contribution in [3.05, 3.63) is 24.3 Å². The molecule has 1 fully saturated rings. The molecule has 10 heteroatoms. The number of fused-ring (bicyclic) bond motifs is 1. The Bertz CT molecular complexity index is 844. The molecule has 0 bridgehead atoms. The lowest BCUT2D eigenvalue weighted by Gasteiger charge is -2.10. The molecule has 1 aliphatic rings. The third kappa shape index (κ3) is 4.06. The van der Waals surface area contributed by atoms with Gasteiger partial charge in [0.2, 0.25) is 11.8 Å². The van der Waals surface area contributed by atoms with E-state index in [0.717, 1.165) is 11.8 Å². The van der Waals surface area contributed by atoms with Gasteiger partial charge in [-0.05, 0) is 18.6 Å². The van der Waals surface area contributed by atoms with Crippen LogP contribution in [0.5, 0.6) is 0 Å². The molecular formula is C14H15N3O5S2.